The van der Waals surface area contributed by atoms with Gasteiger partial charge in [-0.25, -0.2) is 9.59 Å². The van der Waals surface area contributed by atoms with Crippen LogP contribution in [0.2, 0.25) is 12.1 Å². The molecule has 2 atom stereocenters. The summed E-state index contributed by atoms with van der Waals surface area (Å²) >= 11 is 0. The second-order valence-corrected chi connectivity index (χ2v) is 7.66. The highest BCUT2D eigenvalue weighted by Crippen LogP contribution is 2.25. The van der Waals surface area contributed by atoms with Crippen LogP contribution >= 0.6 is 0 Å². The van der Waals surface area contributed by atoms with E-state index >= 15 is 0 Å². The van der Waals surface area contributed by atoms with E-state index in [1.54, 1.807) is 26.0 Å². The molecule has 0 aromatic carbocycles. The molecule has 0 aliphatic heterocycles. The molecule has 0 heterocycles. The van der Waals surface area contributed by atoms with Crippen molar-refractivity contribution in [1.82, 2.24) is 0 Å². The number of ether oxygens (including phenoxy) is 2. The largest absolute Gasteiger partial charge is 0.434 e. The number of rotatable bonds is 12. The van der Waals surface area contributed by atoms with E-state index in [-0.39, 0.29) is 0 Å². The second-order valence-electron chi connectivity index (χ2n) is 4.55. The molecular formula is C16H24O6Si. The Morgan fingerprint density at radius 1 is 0.870 bits per heavy atom. The lowest BCUT2D eigenvalue weighted by Crippen LogP contribution is -2.47. The zero-order chi connectivity index (χ0) is 17.9. The fraction of sp³-hybridized carbons (Fsp3) is 0.375. The zero-order valence-corrected chi connectivity index (χ0v) is 14.7. The summed E-state index contributed by atoms with van der Waals surface area (Å²) in [4.78, 5) is 22.5. The topological polar surface area (TPSA) is 71.1 Å². The third-order valence-electron chi connectivity index (χ3n) is 2.57. The molecule has 0 saturated heterocycles. The Morgan fingerprint density at radius 2 is 1.22 bits per heavy atom. The van der Waals surface area contributed by atoms with Crippen LogP contribution in [0.3, 0.4) is 0 Å². The van der Waals surface area contributed by atoms with Crippen LogP contribution in [0.5, 0.6) is 0 Å². The van der Waals surface area contributed by atoms with Crippen molar-refractivity contribution in [2.45, 2.75) is 38.5 Å². The van der Waals surface area contributed by atoms with Gasteiger partial charge in [-0.2, -0.15) is 0 Å². The molecule has 7 heteroatoms. The first kappa shape index (κ1) is 21.0. The first-order valence-corrected chi connectivity index (χ1v) is 9.29. The molecule has 0 bridgehead atoms. The molecule has 0 saturated carbocycles. The van der Waals surface area contributed by atoms with Gasteiger partial charge in [0.25, 0.3) is 0 Å². The SMILES string of the molecule is C=CC[Si](CC=C)(OC(C)OC(=O)C=C)OC(C)OC(=O)C=C. The van der Waals surface area contributed by atoms with Gasteiger partial charge in [-0.1, -0.05) is 25.3 Å². The molecule has 2 unspecified atom stereocenters. The summed E-state index contributed by atoms with van der Waals surface area (Å²) in [7, 11) is -2.94. The van der Waals surface area contributed by atoms with E-state index in [0.717, 1.165) is 12.2 Å². The van der Waals surface area contributed by atoms with Gasteiger partial charge in [0.1, 0.15) is 0 Å². The maximum Gasteiger partial charge on any atom is 0.351 e. The molecule has 6 nitrogen and oxygen atoms in total. The van der Waals surface area contributed by atoms with Crippen LogP contribution in [0.1, 0.15) is 13.8 Å². The summed E-state index contributed by atoms with van der Waals surface area (Å²) in [6.07, 6.45) is 3.65. The number of carbonyl (C=O) groups excluding carboxylic acids is 2. The van der Waals surface area contributed by atoms with E-state index < -0.39 is 33.1 Å². The standard InChI is InChI=1S/C16H24O6Si/c1-7-11-23(12-8-2,21-13(5)19-15(17)9-3)22-14(6)20-16(18)10-4/h7-10,13-14H,1-4,11-12H2,5-6H3. The van der Waals surface area contributed by atoms with Crippen molar-refractivity contribution in [3.63, 3.8) is 0 Å². The van der Waals surface area contributed by atoms with Crippen molar-refractivity contribution in [3.05, 3.63) is 50.6 Å². The minimum absolute atomic E-state index is 0.394. The lowest BCUT2D eigenvalue weighted by Gasteiger charge is -2.33. The van der Waals surface area contributed by atoms with Gasteiger partial charge in [-0.3, -0.25) is 0 Å². The van der Waals surface area contributed by atoms with Gasteiger partial charge in [0.15, 0.2) is 12.6 Å². The predicted molar refractivity (Wildman–Crippen MR) is 89.4 cm³/mol. The lowest BCUT2D eigenvalue weighted by atomic mass is 10.6. The van der Waals surface area contributed by atoms with Crippen molar-refractivity contribution in [2.24, 2.45) is 0 Å². The summed E-state index contributed by atoms with van der Waals surface area (Å²) in [5.41, 5.74) is 0. The van der Waals surface area contributed by atoms with Gasteiger partial charge >= 0.3 is 20.5 Å². The van der Waals surface area contributed by atoms with Crippen LogP contribution in [0.15, 0.2) is 50.6 Å². The van der Waals surface area contributed by atoms with Crippen molar-refractivity contribution in [1.29, 1.82) is 0 Å². The molecular weight excluding hydrogens is 316 g/mol. The van der Waals surface area contributed by atoms with Crippen LogP contribution in [-0.2, 0) is 27.9 Å². The molecule has 0 aliphatic rings. The number of hydrogen-bond acceptors (Lipinski definition) is 6. The molecule has 0 aromatic heterocycles. The minimum Gasteiger partial charge on any atom is -0.434 e. The normalized spacial score (nSPS) is 13.3. The number of esters is 2. The van der Waals surface area contributed by atoms with Gasteiger partial charge in [0.05, 0.1) is 0 Å². The van der Waals surface area contributed by atoms with Crippen LogP contribution in [0.25, 0.3) is 0 Å². The molecule has 0 radical (unpaired) electrons. The van der Waals surface area contributed by atoms with Gasteiger partial charge in [0, 0.05) is 24.2 Å². The first-order chi connectivity index (χ1) is 10.8. The Morgan fingerprint density at radius 3 is 1.48 bits per heavy atom. The quantitative estimate of drug-likeness (QED) is 0.179. The number of allylic oxidation sites excluding steroid dienone is 2. The van der Waals surface area contributed by atoms with Gasteiger partial charge < -0.3 is 18.3 Å². The summed E-state index contributed by atoms with van der Waals surface area (Å²) in [6.45, 7) is 17.2. The second kappa shape index (κ2) is 10.7. The average molecular weight is 340 g/mol. The summed E-state index contributed by atoms with van der Waals surface area (Å²) in [5, 5.41) is 0. The fourth-order valence-corrected chi connectivity index (χ4v) is 4.61. The summed E-state index contributed by atoms with van der Waals surface area (Å²) in [5.74, 6) is -1.22. The predicted octanol–water partition coefficient (Wildman–Crippen LogP) is 2.98. The van der Waals surface area contributed by atoms with Gasteiger partial charge in [-0.15, -0.1) is 13.2 Å². The van der Waals surface area contributed by atoms with Gasteiger partial charge in [-0.05, 0) is 13.8 Å². The maximum atomic E-state index is 11.3. The Kier molecular flexibility index (Phi) is 9.80. The van der Waals surface area contributed by atoms with Crippen LogP contribution in [0, 0.1) is 0 Å². The third kappa shape index (κ3) is 8.29. The number of hydrogen-bond donors (Lipinski definition) is 0. The van der Waals surface area contributed by atoms with E-state index in [1.165, 1.54) is 0 Å². The third-order valence-corrected chi connectivity index (χ3v) is 5.91. The summed E-state index contributed by atoms with van der Waals surface area (Å²) in [6, 6.07) is 0.788. The molecule has 0 aromatic rings. The summed E-state index contributed by atoms with van der Waals surface area (Å²) < 4.78 is 21.7. The van der Waals surface area contributed by atoms with Crippen molar-refractivity contribution < 1.29 is 27.9 Å². The molecule has 0 fully saturated rings. The van der Waals surface area contributed by atoms with Crippen LogP contribution < -0.4 is 0 Å². The highest BCUT2D eigenvalue weighted by atomic mass is 28.4. The Hall–Kier alpha value is -1.96. The van der Waals surface area contributed by atoms with E-state index in [9.17, 15) is 9.59 Å². The molecule has 128 valence electrons. The van der Waals surface area contributed by atoms with E-state index in [2.05, 4.69) is 26.3 Å². The fourth-order valence-electron chi connectivity index (χ4n) is 1.82. The highest BCUT2D eigenvalue weighted by molar-refractivity contribution is 6.68. The molecule has 0 N–H and O–H groups in total. The molecule has 0 spiro atoms. The molecule has 0 amide bonds. The molecule has 23 heavy (non-hydrogen) atoms. The first-order valence-electron chi connectivity index (χ1n) is 7.06. The lowest BCUT2D eigenvalue weighted by molar-refractivity contribution is -0.165. The average Bonchev–Trinajstić information content (AvgIpc) is 2.46. The Bertz CT molecular complexity index is 417. The van der Waals surface area contributed by atoms with Crippen molar-refractivity contribution in [3.8, 4) is 0 Å². The highest BCUT2D eigenvalue weighted by Gasteiger charge is 2.40. The maximum absolute atomic E-state index is 11.3. The van der Waals surface area contributed by atoms with Crippen LogP contribution in [0.4, 0.5) is 0 Å². The smallest absolute Gasteiger partial charge is 0.351 e. The number of carbonyl (C=O) groups is 2. The van der Waals surface area contributed by atoms with Crippen LogP contribution in [-0.4, -0.2) is 33.1 Å². The molecule has 0 aliphatic carbocycles. The van der Waals surface area contributed by atoms with E-state index in [4.69, 9.17) is 18.3 Å². The van der Waals surface area contributed by atoms with Crippen molar-refractivity contribution in [2.75, 3.05) is 0 Å². The Labute approximate surface area is 138 Å². The Balaban J connectivity index is 5.12. The van der Waals surface area contributed by atoms with Crippen molar-refractivity contribution >= 4 is 20.5 Å². The van der Waals surface area contributed by atoms with E-state index in [1.807, 2.05) is 0 Å². The van der Waals surface area contributed by atoms with Gasteiger partial charge in [0.2, 0.25) is 0 Å². The van der Waals surface area contributed by atoms with E-state index in [0.29, 0.717) is 12.1 Å². The minimum atomic E-state index is -2.94. The molecule has 0 rings (SSSR count). The monoisotopic (exact) mass is 340 g/mol. The zero-order valence-electron chi connectivity index (χ0n) is 13.7.